The van der Waals surface area contributed by atoms with Gasteiger partial charge in [-0.3, -0.25) is 0 Å². The molecular formula is C9H12FN3. The van der Waals surface area contributed by atoms with Gasteiger partial charge in [0.05, 0.1) is 0 Å². The molecule has 0 aromatic carbocycles. The van der Waals surface area contributed by atoms with E-state index < -0.39 is 5.95 Å². The summed E-state index contributed by atoms with van der Waals surface area (Å²) in [6.45, 7) is 3.07. The average Bonchev–Trinajstić information content (AvgIpc) is 2.82. The highest BCUT2D eigenvalue weighted by Crippen LogP contribution is 2.44. The van der Waals surface area contributed by atoms with Crippen molar-refractivity contribution in [2.75, 3.05) is 11.9 Å². The third-order valence-electron chi connectivity index (χ3n) is 2.43. The van der Waals surface area contributed by atoms with Crippen molar-refractivity contribution in [2.45, 2.75) is 19.8 Å². The maximum atomic E-state index is 12.6. The minimum Gasteiger partial charge on any atom is -0.369 e. The van der Waals surface area contributed by atoms with E-state index in [1.54, 1.807) is 0 Å². The van der Waals surface area contributed by atoms with Crippen molar-refractivity contribution in [3.63, 3.8) is 0 Å². The number of rotatable bonds is 3. The molecule has 0 amide bonds. The smallest absolute Gasteiger partial charge is 0.217 e. The summed E-state index contributed by atoms with van der Waals surface area (Å²) in [5.41, 5.74) is 0.404. The zero-order valence-electron chi connectivity index (χ0n) is 7.55. The van der Waals surface area contributed by atoms with Gasteiger partial charge in [-0.25, -0.2) is 9.97 Å². The molecule has 0 atom stereocenters. The van der Waals surface area contributed by atoms with Gasteiger partial charge in [-0.05, 0) is 18.3 Å². The summed E-state index contributed by atoms with van der Waals surface area (Å²) in [5.74, 6) is 0.0825. The van der Waals surface area contributed by atoms with Crippen LogP contribution in [0.3, 0.4) is 0 Å². The molecule has 1 fully saturated rings. The predicted octanol–water partition coefficient (Wildman–Crippen LogP) is 1.83. The second kappa shape index (κ2) is 2.94. The summed E-state index contributed by atoms with van der Waals surface area (Å²) in [5, 5.41) is 3.10. The van der Waals surface area contributed by atoms with E-state index in [0.29, 0.717) is 11.2 Å². The second-order valence-corrected chi connectivity index (χ2v) is 3.89. The molecule has 0 unspecified atom stereocenters. The molecule has 1 aliphatic rings. The molecule has 1 saturated carbocycles. The Morgan fingerprint density at radius 3 is 2.92 bits per heavy atom. The van der Waals surface area contributed by atoms with Crippen LogP contribution in [0.5, 0.6) is 0 Å². The van der Waals surface area contributed by atoms with Crippen LogP contribution in [0.1, 0.15) is 19.8 Å². The molecular weight excluding hydrogens is 169 g/mol. The molecule has 3 nitrogen and oxygen atoms in total. The largest absolute Gasteiger partial charge is 0.369 e. The third-order valence-corrected chi connectivity index (χ3v) is 2.43. The van der Waals surface area contributed by atoms with Crippen molar-refractivity contribution in [3.8, 4) is 0 Å². The maximum Gasteiger partial charge on any atom is 0.217 e. The van der Waals surface area contributed by atoms with Gasteiger partial charge in [0.1, 0.15) is 12.1 Å². The molecule has 2 rings (SSSR count). The number of nitrogens with zero attached hydrogens (tertiary/aromatic N) is 2. The van der Waals surface area contributed by atoms with Gasteiger partial charge in [-0.15, -0.1) is 0 Å². The zero-order valence-corrected chi connectivity index (χ0v) is 7.55. The predicted molar refractivity (Wildman–Crippen MR) is 47.8 cm³/mol. The number of anilines is 1. The van der Waals surface area contributed by atoms with Gasteiger partial charge in [0.25, 0.3) is 0 Å². The lowest BCUT2D eigenvalue weighted by Gasteiger charge is -2.09. The topological polar surface area (TPSA) is 37.8 Å². The van der Waals surface area contributed by atoms with Gasteiger partial charge in [-0.1, -0.05) is 6.92 Å². The van der Waals surface area contributed by atoms with E-state index in [1.807, 2.05) is 0 Å². The molecule has 0 aliphatic heterocycles. The lowest BCUT2D eigenvalue weighted by molar-refractivity contribution is 0.577. The summed E-state index contributed by atoms with van der Waals surface area (Å²) < 4.78 is 12.6. The molecule has 0 saturated heterocycles. The number of hydrogen-bond donors (Lipinski definition) is 1. The zero-order chi connectivity index (χ0) is 9.31. The van der Waals surface area contributed by atoms with Crippen LogP contribution < -0.4 is 5.32 Å². The number of hydrogen-bond acceptors (Lipinski definition) is 3. The normalized spacial score (nSPS) is 18.3. The summed E-state index contributed by atoms with van der Waals surface area (Å²) in [6.07, 6.45) is 3.72. The Hall–Kier alpha value is -1.19. The van der Waals surface area contributed by atoms with Crippen molar-refractivity contribution in [3.05, 3.63) is 18.3 Å². The molecule has 1 aromatic heterocycles. The Kier molecular flexibility index (Phi) is 1.90. The van der Waals surface area contributed by atoms with Gasteiger partial charge in [-0.2, -0.15) is 4.39 Å². The molecule has 1 aliphatic carbocycles. The highest BCUT2D eigenvalue weighted by atomic mass is 19.1. The molecule has 70 valence electrons. The van der Waals surface area contributed by atoms with Gasteiger partial charge in [0, 0.05) is 12.6 Å². The number of nitrogens with one attached hydrogen (secondary N) is 1. The van der Waals surface area contributed by atoms with E-state index in [4.69, 9.17) is 0 Å². The van der Waals surface area contributed by atoms with Crippen LogP contribution in [0.4, 0.5) is 10.2 Å². The first-order valence-electron chi connectivity index (χ1n) is 4.39. The Morgan fingerprint density at radius 2 is 2.31 bits per heavy atom. The fourth-order valence-electron chi connectivity index (χ4n) is 1.12. The third kappa shape index (κ3) is 2.14. The van der Waals surface area contributed by atoms with Crippen LogP contribution in [0.15, 0.2) is 12.4 Å². The first-order valence-corrected chi connectivity index (χ1v) is 4.39. The van der Waals surface area contributed by atoms with Crippen LogP contribution in [-0.2, 0) is 0 Å². The van der Waals surface area contributed by atoms with Crippen molar-refractivity contribution in [1.29, 1.82) is 0 Å². The number of aromatic nitrogens is 2. The van der Waals surface area contributed by atoms with E-state index >= 15 is 0 Å². The Balaban J connectivity index is 1.94. The fraction of sp³-hybridized carbons (Fsp3) is 0.556. The summed E-state index contributed by atoms with van der Waals surface area (Å²) in [4.78, 5) is 7.29. The van der Waals surface area contributed by atoms with E-state index in [0.717, 1.165) is 6.54 Å². The quantitative estimate of drug-likeness (QED) is 0.723. The monoisotopic (exact) mass is 181 g/mol. The Bertz CT molecular complexity index is 309. The summed E-state index contributed by atoms with van der Waals surface area (Å²) in [6, 6.07) is 1.31. The molecule has 0 spiro atoms. The maximum absolute atomic E-state index is 12.6. The summed E-state index contributed by atoms with van der Waals surface area (Å²) >= 11 is 0. The summed E-state index contributed by atoms with van der Waals surface area (Å²) in [7, 11) is 0. The molecule has 1 aromatic rings. The SMILES string of the molecule is CC1(CNc2cc(F)ncn2)CC1. The van der Waals surface area contributed by atoms with Crippen molar-refractivity contribution in [1.82, 2.24) is 9.97 Å². The first kappa shape index (κ1) is 8.41. The van der Waals surface area contributed by atoms with Crippen molar-refractivity contribution >= 4 is 5.82 Å². The molecule has 1 N–H and O–H groups in total. The Morgan fingerprint density at radius 1 is 1.54 bits per heavy atom. The van der Waals surface area contributed by atoms with Gasteiger partial charge < -0.3 is 5.32 Å². The molecule has 0 radical (unpaired) electrons. The fourth-order valence-corrected chi connectivity index (χ4v) is 1.12. The van der Waals surface area contributed by atoms with Crippen molar-refractivity contribution < 1.29 is 4.39 Å². The Labute approximate surface area is 76.4 Å². The lowest BCUT2D eigenvalue weighted by atomic mass is 10.1. The molecule has 13 heavy (non-hydrogen) atoms. The standard InChI is InChI=1S/C9H12FN3/c1-9(2-3-9)5-11-8-4-7(10)12-6-13-8/h4,6H,2-3,5H2,1H3,(H,11,12,13). The van der Waals surface area contributed by atoms with E-state index in [2.05, 4.69) is 22.2 Å². The molecule has 1 heterocycles. The van der Waals surface area contributed by atoms with E-state index in [-0.39, 0.29) is 0 Å². The van der Waals surface area contributed by atoms with Crippen LogP contribution in [0.25, 0.3) is 0 Å². The van der Waals surface area contributed by atoms with Gasteiger partial charge >= 0.3 is 0 Å². The van der Waals surface area contributed by atoms with Crippen LogP contribution in [-0.4, -0.2) is 16.5 Å². The van der Waals surface area contributed by atoms with Crippen LogP contribution >= 0.6 is 0 Å². The van der Waals surface area contributed by atoms with Crippen molar-refractivity contribution in [2.24, 2.45) is 5.41 Å². The second-order valence-electron chi connectivity index (χ2n) is 3.89. The first-order chi connectivity index (χ1) is 6.18. The van der Waals surface area contributed by atoms with E-state index in [9.17, 15) is 4.39 Å². The minimum atomic E-state index is -0.488. The number of halogens is 1. The average molecular weight is 181 g/mol. The van der Waals surface area contributed by atoms with Gasteiger partial charge in [0.15, 0.2) is 0 Å². The highest BCUT2D eigenvalue weighted by molar-refractivity contribution is 5.32. The highest BCUT2D eigenvalue weighted by Gasteiger charge is 2.36. The van der Waals surface area contributed by atoms with Crippen LogP contribution in [0, 0.1) is 11.4 Å². The minimum absolute atomic E-state index is 0.404. The van der Waals surface area contributed by atoms with Gasteiger partial charge in [0.2, 0.25) is 5.95 Å². The van der Waals surface area contributed by atoms with Crippen LogP contribution in [0.2, 0.25) is 0 Å². The molecule has 0 bridgehead atoms. The molecule has 4 heteroatoms. The van der Waals surface area contributed by atoms with E-state index in [1.165, 1.54) is 25.2 Å². The lowest BCUT2D eigenvalue weighted by Crippen LogP contribution is -2.12.